The van der Waals surface area contributed by atoms with Gasteiger partial charge in [0.1, 0.15) is 0 Å². The minimum atomic E-state index is -0.184. The second kappa shape index (κ2) is 7.55. The molecule has 0 amide bonds. The number of ketones is 1. The highest BCUT2D eigenvalue weighted by molar-refractivity contribution is 5.95. The minimum absolute atomic E-state index is 0.184. The van der Waals surface area contributed by atoms with E-state index in [1.165, 1.54) is 0 Å². The van der Waals surface area contributed by atoms with Gasteiger partial charge in [-0.25, -0.2) is 0 Å². The number of likely N-dealkylation sites (tertiary alicyclic amines) is 1. The minimum Gasteiger partial charge on any atom is -0.393 e. The molecule has 0 aromatic heterocycles. The molecule has 1 N–H and O–H groups in total. The quantitative estimate of drug-likeness (QED) is 0.812. The largest absolute Gasteiger partial charge is 0.393 e. The summed E-state index contributed by atoms with van der Waals surface area (Å²) < 4.78 is 0. The molecule has 1 fully saturated rings. The fourth-order valence-corrected chi connectivity index (χ4v) is 2.89. The number of hydrogen-bond donors (Lipinski definition) is 1. The van der Waals surface area contributed by atoms with Crippen LogP contribution in [0.1, 0.15) is 43.0 Å². The standard InChI is InChI=1S/C17H25NO2/c1-14(19)15-9-12-18(13-10-15)11-5-8-17(20)16-6-3-2-4-7-16/h2-4,6-7,14-15,19H,5,8-13H2,1H3. The van der Waals surface area contributed by atoms with Crippen molar-refractivity contribution in [3.05, 3.63) is 35.9 Å². The average Bonchev–Trinajstić information content (AvgIpc) is 2.48. The normalized spacial score (nSPS) is 18.9. The van der Waals surface area contributed by atoms with Crippen molar-refractivity contribution in [2.45, 2.75) is 38.7 Å². The molecule has 3 nitrogen and oxygen atoms in total. The van der Waals surface area contributed by atoms with Gasteiger partial charge in [0.15, 0.2) is 5.78 Å². The summed E-state index contributed by atoms with van der Waals surface area (Å²) >= 11 is 0. The lowest BCUT2D eigenvalue weighted by Crippen LogP contribution is -2.37. The van der Waals surface area contributed by atoms with Crippen LogP contribution in [0.25, 0.3) is 0 Å². The lowest BCUT2D eigenvalue weighted by atomic mass is 9.92. The molecule has 1 unspecified atom stereocenters. The number of aliphatic hydroxyl groups is 1. The number of benzene rings is 1. The maximum absolute atomic E-state index is 12.0. The van der Waals surface area contributed by atoms with E-state index >= 15 is 0 Å². The highest BCUT2D eigenvalue weighted by Gasteiger charge is 2.22. The third-order valence-electron chi connectivity index (χ3n) is 4.29. The Hall–Kier alpha value is -1.19. The topological polar surface area (TPSA) is 40.5 Å². The molecular weight excluding hydrogens is 250 g/mol. The molecule has 1 aliphatic heterocycles. The molecule has 0 bridgehead atoms. The predicted molar refractivity (Wildman–Crippen MR) is 80.9 cm³/mol. The van der Waals surface area contributed by atoms with Crippen LogP contribution in [-0.4, -0.2) is 41.5 Å². The first-order valence-electron chi connectivity index (χ1n) is 7.65. The van der Waals surface area contributed by atoms with Crippen molar-refractivity contribution >= 4 is 5.78 Å². The van der Waals surface area contributed by atoms with Gasteiger partial charge >= 0.3 is 0 Å². The third-order valence-corrected chi connectivity index (χ3v) is 4.29. The zero-order chi connectivity index (χ0) is 14.4. The molecule has 3 heteroatoms. The third kappa shape index (κ3) is 4.43. The Bertz CT molecular complexity index is 408. The van der Waals surface area contributed by atoms with Gasteiger partial charge in [0.05, 0.1) is 6.10 Å². The molecule has 0 spiro atoms. The Morgan fingerprint density at radius 2 is 1.95 bits per heavy atom. The number of hydrogen-bond acceptors (Lipinski definition) is 3. The maximum atomic E-state index is 12.0. The van der Waals surface area contributed by atoms with E-state index in [1.807, 2.05) is 37.3 Å². The highest BCUT2D eigenvalue weighted by atomic mass is 16.3. The first-order valence-corrected chi connectivity index (χ1v) is 7.65. The molecule has 1 heterocycles. The summed E-state index contributed by atoms with van der Waals surface area (Å²) in [7, 11) is 0. The van der Waals surface area contributed by atoms with Crippen molar-refractivity contribution in [3.8, 4) is 0 Å². The molecule has 0 saturated carbocycles. The number of carbonyl (C=O) groups excluding carboxylic acids is 1. The Kier molecular flexibility index (Phi) is 5.74. The van der Waals surface area contributed by atoms with Gasteiger partial charge < -0.3 is 10.0 Å². The van der Waals surface area contributed by atoms with Crippen LogP contribution in [0.3, 0.4) is 0 Å². The van der Waals surface area contributed by atoms with E-state index in [0.29, 0.717) is 12.3 Å². The SMILES string of the molecule is CC(O)C1CCN(CCCC(=O)c2ccccc2)CC1. The number of carbonyl (C=O) groups is 1. The van der Waals surface area contributed by atoms with Gasteiger partial charge in [-0.05, 0) is 51.7 Å². The van der Waals surface area contributed by atoms with Gasteiger partial charge in [0, 0.05) is 12.0 Å². The van der Waals surface area contributed by atoms with Crippen LogP contribution in [0, 0.1) is 5.92 Å². The molecular formula is C17H25NO2. The van der Waals surface area contributed by atoms with E-state index in [-0.39, 0.29) is 11.9 Å². The Balaban J connectivity index is 1.66. The van der Waals surface area contributed by atoms with Crippen LogP contribution < -0.4 is 0 Å². The first kappa shape index (κ1) is 15.2. The Morgan fingerprint density at radius 1 is 1.30 bits per heavy atom. The van der Waals surface area contributed by atoms with E-state index in [4.69, 9.17) is 0 Å². The van der Waals surface area contributed by atoms with Crippen molar-refractivity contribution in [1.82, 2.24) is 4.90 Å². The molecule has 0 radical (unpaired) electrons. The van der Waals surface area contributed by atoms with Crippen LogP contribution >= 0.6 is 0 Å². The second-order valence-electron chi connectivity index (χ2n) is 5.81. The van der Waals surface area contributed by atoms with Gasteiger partial charge in [-0.3, -0.25) is 4.79 Å². The fraction of sp³-hybridized carbons (Fsp3) is 0.588. The summed E-state index contributed by atoms with van der Waals surface area (Å²) in [4.78, 5) is 14.4. The van der Waals surface area contributed by atoms with Crippen LogP contribution in [0.2, 0.25) is 0 Å². The van der Waals surface area contributed by atoms with Crippen molar-refractivity contribution in [1.29, 1.82) is 0 Å². The highest BCUT2D eigenvalue weighted by Crippen LogP contribution is 2.20. The van der Waals surface area contributed by atoms with Crippen molar-refractivity contribution < 1.29 is 9.90 Å². The summed E-state index contributed by atoms with van der Waals surface area (Å²) in [6, 6.07) is 9.53. The lowest BCUT2D eigenvalue weighted by molar-refractivity contribution is 0.0709. The number of piperidine rings is 1. The van der Waals surface area contributed by atoms with E-state index < -0.39 is 0 Å². The molecule has 1 aliphatic rings. The summed E-state index contributed by atoms with van der Waals surface area (Å²) in [6.07, 6.45) is 3.51. The second-order valence-corrected chi connectivity index (χ2v) is 5.81. The molecule has 1 saturated heterocycles. The molecule has 1 aromatic carbocycles. The Morgan fingerprint density at radius 3 is 2.55 bits per heavy atom. The van der Waals surface area contributed by atoms with Crippen molar-refractivity contribution in [2.75, 3.05) is 19.6 Å². The molecule has 2 rings (SSSR count). The molecule has 1 aromatic rings. The number of nitrogens with zero attached hydrogens (tertiary/aromatic N) is 1. The van der Waals surface area contributed by atoms with E-state index in [0.717, 1.165) is 44.5 Å². The monoisotopic (exact) mass is 275 g/mol. The number of rotatable bonds is 6. The number of aliphatic hydroxyl groups excluding tert-OH is 1. The van der Waals surface area contributed by atoms with Gasteiger partial charge in [0.2, 0.25) is 0 Å². The molecule has 110 valence electrons. The van der Waals surface area contributed by atoms with Crippen molar-refractivity contribution in [2.24, 2.45) is 5.92 Å². The van der Waals surface area contributed by atoms with Crippen LogP contribution in [-0.2, 0) is 0 Å². The molecule has 1 atom stereocenters. The van der Waals surface area contributed by atoms with Gasteiger partial charge in [-0.2, -0.15) is 0 Å². The van der Waals surface area contributed by atoms with Gasteiger partial charge in [0.25, 0.3) is 0 Å². The summed E-state index contributed by atoms with van der Waals surface area (Å²) in [6.45, 7) is 4.98. The lowest BCUT2D eigenvalue weighted by Gasteiger charge is -2.33. The fourth-order valence-electron chi connectivity index (χ4n) is 2.89. The van der Waals surface area contributed by atoms with E-state index in [2.05, 4.69) is 4.90 Å². The predicted octanol–water partition coefficient (Wildman–Crippen LogP) is 2.74. The van der Waals surface area contributed by atoms with Gasteiger partial charge in [-0.15, -0.1) is 0 Å². The smallest absolute Gasteiger partial charge is 0.162 e. The number of Topliss-reactive ketones (excluding diaryl/α,β-unsaturated/α-hetero) is 1. The maximum Gasteiger partial charge on any atom is 0.162 e. The van der Waals surface area contributed by atoms with E-state index in [9.17, 15) is 9.90 Å². The van der Waals surface area contributed by atoms with Crippen LogP contribution in [0.4, 0.5) is 0 Å². The zero-order valence-electron chi connectivity index (χ0n) is 12.3. The average molecular weight is 275 g/mol. The van der Waals surface area contributed by atoms with Crippen molar-refractivity contribution in [3.63, 3.8) is 0 Å². The van der Waals surface area contributed by atoms with Crippen LogP contribution in [0.15, 0.2) is 30.3 Å². The first-order chi connectivity index (χ1) is 9.66. The van der Waals surface area contributed by atoms with Gasteiger partial charge in [-0.1, -0.05) is 30.3 Å². The zero-order valence-corrected chi connectivity index (χ0v) is 12.3. The van der Waals surface area contributed by atoms with E-state index in [1.54, 1.807) is 0 Å². The summed E-state index contributed by atoms with van der Waals surface area (Å²) in [5.41, 5.74) is 0.820. The molecule has 0 aliphatic carbocycles. The Labute approximate surface area is 121 Å². The summed E-state index contributed by atoms with van der Waals surface area (Å²) in [5, 5.41) is 9.58. The summed E-state index contributed by atoms with van der Waals surface area (Å²) in [5.74, 6) is 0.696. The molecule has 20 heavy (non-hydrogen) atoms. The van der Waals surface area contributed by atoms with Crippen LogP contribution in [0.5, 0.6) is 0 Å².